The number of carbonyl (C=O) groups excluding carboxylic acids is 1. The molecule has 0 fully saturated rings. The second-order valence-electron chi connectivity index (χ2n) is 3.06. The number of nitrogens with one attached hydrogen (secondary N) is 1. The zero-order chi connectivity index (χ0) is 11.7. The van der Waals surface area contributed by atoms with Crippen LogP contribution in [0.4, 0.5) is 4.79 Å². The SMILES string of the molecule is CCCCOC(=O)NCCC(O)C(=O)O. The molecular weight excluding hydrogens is 202 g/mol. The molecular formula is C9H17NO5. The fraction of sp³-hybridized carbons (Fsp3) is 0.778. The van der Waals surface area contributed by atoms with Gasteiger partial charge < -0.3 is 20.3 Å². The largest absolute Gasteiger partial charge is 0.479 e. The first-order valence-corrected chi connectivity index (χ1v) is 4.89. The van der Waals surface area contributed by atoms with Crippen LogP contribution in [0.5, 0.6) is 0 Å². The monoisotopic (exact) mass is 219 g/mol. The summed E-state index contributed by atoms with van der Waals surface area (Å²) in [6, 6.07) is 0. The Morgan fingerprint density at radius 3 is 2.67 bits per heavy atom. The number of carboxylic acids is 1. The second kappa shape index (κ2) is 8.05. The van der Waals surface area contributed by atoms with Gasteiger partial charge in [0, 0.05) is 13.0 Å². The maximum absolute atomic E-state index is 10.9. The Labute approximate surface area is 88.2 Å². The third-order valence-electron chi connectivity index (χ3n) is 1.70. The smallest absolute Gasteiger partial charge is 0.407 e. The van der Waals surface area contributed by atoms with Crippen molar-refractivity contribution in [3.63, 3.8) is 0 Å². The number of aliphatic hydroxyl groups excluding tert-OH is 1. The number of carbonyl (C=O) groups is 2. The molecule has 15 heavy (non-hydrogen) atoms. The molecule has 1 atom stereocenters. The van der Waals surface area contributed by atoms with E-state index in [0.717, 1.165) is 12.8 Å². The van der Waals surface area contributed by atoms with E-state index < -0.39 is 18.2 Å². The van der Waals surface area contributed by atoms with Gasteiger partial charge in [-0.15, -0.1) is 0 Å². The molecule has 3 N–H and O–H groups in total. The zero-order valence-corrected chi connectivity index (χ0v) is 8.73. The Balaban J connectivity index is 3.42. The Morgan fingerprint density at radius 2 is 2.13 bits per heavy atom. The summed E-state index contributed by atoms with van der Waals surface area (Å²) < 4.78 is 4.75. The van der Waals surface area contributed by atoms with Crippen molar-refractivity contribution >= 4 is 12.1 Å². The first kappa shape index (κ1) is 13.7. The fourth-order valence-electron chi connectivity index (χ4n) is 0.795. The highest BCUT2D eigenvalue weighted by Crippen LogP contribution is 1.91. The minimum absolute atomic E-state index is 0.0296. The quantitative estimate of drug-likeness (QED) is 0.537. The van der Waals surface area contributed by atoms with Gasteiger partial charge >= 0.3 is 12.1 Å². The van der Waals surface area contributed by atoms with Crippen molar-refractivity contribution in [3.05, 3.63) is 0 Å². The van der Waals surface area contributed by atoms with E-state index in [9.17, 15) is 9.59 Å². The fourth-order valence-corrected chi connectivity index (χ4v) is 0.795. The molecule has 88 valence electrons. The van der Waals surface area contributed by atoms with E-state index in [1.807, 2.05) is 6.92 Å². The molecule has 0 radical (unpaired) electrons. The van der Waals surface area contributed by atoms with Crippen molar-refractivity contribution in [3.8, 4) is 0 Å². The highest BCUT2D eigenvalue weighted by Gasteiger charge is 2.12. The number of ether oxygens (including phenoxy) is 1. The highest BCUT2D eigenvalue weighted by atomic mass is 16.5. The van der Waals surface area contributed by atoms with Crippen molar-refractivity contribution in [2.45, 2.75) is 32.3 Å². The molecule has 1 amide bonds. The lowest BCUT2D eigenvalue weighted by Gasteiger charge is -2.07. The molecule has 0 spiro atoms. The van der Waals surface area contributed by atoms with Gasteiger partial charge in [0.15, 0.2) is 6.10 Å². The van der Waals surface area contributed by atoms with Crippen molar-refractivity contribution in [1.82, 2.24) is 5.32 Å². The number of aliphatic hydroxyl groups is 1. The molecule has 0 aromatic carbocycles. The van der Waals surface area contributed by atoms with E-state index in [0.29, 0.717) is 6.61 Å². The number of rotatable bonds is 7. The van der Waals surface area contributed by atoms with Crippen molar-refractivity contribution < 1.29 is 24.5 Å². The predicted molar refractivity (Wildman–Crippen MR) is 52.5 cm³/mol. The molecule has 0 aliphatic heterocycles. The average molecular weight is 219 g/mol. The molecule has 0 aromatic rings. The summed E-state index contributed by atoms with van der Waals surface area (Å²) in [5.41, 5.74) is 0. The van der Waals surface area contributed by atoms with Gasteiger partial charge in [-0.25, -0.2) is 9.59 Å². The first-order valence-electron chi connectivity index (χ1n) is 4.89. The van der Waals surface area contributed by atoms with E-state index in [1.54, 1.807) is 0 Å². The van der Waals surface area contributed by atoms with Gasteiger partial charge in [0.05, 0.1) is 6.61 Å². The molecule has 0 aliphatic rings. The summed E-state index contributed by atoms with van der Waals surface area (Å²) in [4.78, 5) is 21.1. The normalized spacial score (nSPS) is 11.9. The first-order chi connectivity index (χ1) is 7.07. The predicted octanol–water partition coefficient (Wildman–Crippen LogP) is 0.348. The molecule has 1 unspecified atom stereocenters. The molecule has 0 rings (SSSR count). The van der Waals surface area contributed by atoms with E-state index in [-0.39, 0.29) is 13.0 Å². The minimum Gasteiger partial charge on any atom is -0.479 e. The minimum atomic E-state index is -1.44. The van der Waals surface area contributed by atoms with Crippen LogP contribution < -0.4 is 5.32 Å². The van der Waals surface area contributed by atoms with Gasteiger partial charge in [0.25, 0.3) is 0 Å². The van der Waals surface area contributed by atoms with Crippen molar-refractivity contribution in [2.75, 3.05) is 13.2 Å². The number of unbranched alkanes of at least 4 members (excludes halogenated alkanes) is 1. The van der Waals surface area contributed by atoms with Crippen LogP contribution in [0.2, 0.25) is 0 Å². The van der Waals surface area contributed by atoms with Gasteiger partial charge in [0.2, 0.25) is 0 Å². The van der Waals surface area contributed by atoms with Gasteiger partial charge in [-0.2, -0.15) is 0 Å². The molecule has 0 saturated carbocycles. The summed E-state index contributed by atoms with van der Waals surface area (Å²) in [6.07, 6.45) is -0.323. The summed E-state index contributed by atoms with van der Waals surface area (Å²) in [5.74, 6) is -1.30. The summed E-state index contributed by atoms with van der Waals surface area (Å²) in [6.45, 7) is 2.41. The van der Waals surface area contributed by atoms with Crippen LogP contribution in [-0.4, -0.2) is 41.5 Å². The Kier molecular flexibility index (Phi) is 7.35. The van der Waals surface area contributed by atoms with E-state index in [1.165, 1.54) is 0 Å². The van der Waals surface area contributed by atoms with E-state index in [4.69, 9.17) is 14.9 Å². The lowest BCUT2D eigenvalue weighted by Crippen LogP contribution is -2.30. The molecule has 0 saturated heterocycles. The molecule has 0 heterocycles. The van der Waals surface area contributed by atoms with Crippen LogP contribution in [0.25, 0.3) is 0 Å². The van der Waals surface area contributed by atoms with Gasteiger partial charge in [-0.05, 0) is 6.42 Å². The van der Waals surface area contributed by atoms with Gasteiger partial charge in [0.1, 0.15) is 0 Å². The van der Waals surface area contributed by atoms with E-state index in [2.05, 4.69) is 5.32 Å². The van der Waals surface area contributed by atoms with Crippen LogP contribution in [0, 0.1) is 0 Å². The van der Waals surface area contributed by atoms with Crippen molar-refractivity contribution in [2.24, 2.45) is 0 Å². The lowest BCUT2D eigenvalue weighted by molar-refractivity contribution is -0.146. The summed E-state index contributed by atoms with van der Waals surface area (Å²) >= 11 is 0. The number of amides is 1. The average Bonchev–Trinajstić information content (AvgIpc) is 2.18. The molecule has 6 heteroatoms. The molecule has 0 bridgehead atoms. The number of aliphatic carboxylic acids is 1. The summed E-state index contributed by atoms with van der Waals surface area (Å²) in [5, 5.41) is 19.5. The number of hydrogen-bond acceptors (Lipinski definition) is 4. The van der Waals surface area contributed by atoms with Gasteiger partial charge in [-0.3, -0.25) is 0 Å². The van der Waals surface area contributed by atoms with Gasteiger partial charge in [-0.1, -0.05) is 13.3 Å². The number of alkyl carbamates (subject to hydrolysis) is 1. The van der Waals surface area contributed by atoms with Crippen molar-refractivity contribution in [1.29, 1.82) is 0 Å². The van der Waals surface area contributed by atoms with Crippen LogP contribution in [0.1, 0.15) is 26.2 Å². The summed E-state index contributed by atoms with van der Waals surface area (Å²) in [7, 11) is 0. The standard InChI is InChI=1S/C9H17NO5/c1-2-3-6-15-9(14)10-5-4-7(11)8(12)13/h7,11H,2-6H2,1H3,(H,10,14)(H,12,13). The zero-order valence-electron chi connectivity index (χ0n) is 8.73. The second-order valence-corrected chi connectivity index (χ2v) is 3.06. The topological polar surface area (TPSA) is 95.9 Å². The van der Waals surface area contributed by atoms with Crippen LogP contribution in [0.3, 0.4) is 0 Å². The highest BCUT2D eigenvalue weighted by molar-refractivity contribution is 5.72. The van der Waals surface area contributed by atoms with Crippen LogP contribution in [-0.2, 0) is 9.53 Å². The molecule has 0 aliphatic carbocycles. The number of carboxylic acid groups (broad SMARTS) is 1. The third kappa shape index (κ3) is 7.75. The van der Waals surface area contributed by atoms with Crippen LogP contribution in [0.15, 0.2) is 0 Å². The third-order valence-corrected chi connectivity index (χ3v) is 1.70. The van der Waals surface area contributed by atoms with Crippen LogP contribution >= 0.6 is 0 Å². The molecule has 0 aromatic heterocycles. The Bertz CT molecular complexity index is 207. The maximum Gasteiger partial charge on any atom is 0.407 e. The van der Waals surface area contributed by atoms with E-state index >= 15 is 0 Å². The maximum atomic E-state index is 10.9. The lowest BCUT2D eigenvalue weighted by atomic mass is 10.2. The Morgan fingerprint density at radius 1 is 1.47 bits per heavy atom. The Hall–Kier alpha value is -1.30. The molecule has 6 nitrogen and oxygen atoms in total. The number of hydrogen-bond donors (Lipinski definition) is 3.